The summed E-state index contributed by atoms with van der Waals surface area (Å²) in [5.41, 5.74) is -0.280. The van der Waals surface area contributed by atoms with Crippen molar-refractivity contribution in [2.75, 3.05) is 25.1 Å². The van der Waals surface area contributed by atoms with Gasteiger partial charge in [-0.25, -0.2) is 13.4 Å². The van der Waals surface area contributed by atoms with E-state index in [0.717, 1.165) is 12.1 Å². The fourth-order valence-corrected chi connectivity index (χ4v) is 3.11. The normalized spacial score (nSPS) is 13.0. The van der Waals surface area contributed by atoms with Gasteiger partial charge in [-0.3, -0.25) is 0 Å². The SMILES string of the molecule is CCNC(=NCc1ccc(C(F)(F)F)cc1)NCC(C)(C)CCS(C)(=O)=O.I. The number of rotatable bonds is 8. The molecule has 0 radical (unpaired) electrons. The van der Waals surface area contributed by atoms with Crippen molar-refractivity contribution in [2.45, 2.75) is 39.9 Å². The van der Waals surface area contributed by atoms with E-state index in [9.17, 15) is 21.6 Å². The molecule has 0 unspecified atom stereocenters. The molecule has 0 aromatic heterocycles. The lowest BCUT2D eigenvalue weighted by Crippen LogP contribution is -2.42. The van der Waals surface area contributed by atoms with E-state index < -0.39 is 21.6 Å². The maximum atomic E-state index is 12.6. The Morgan fingerprint density at radius 1 is 1.11 bits per heavy atom. The second-order valence-corrected chi connectivity index (χ2v) is 9.55. The predicted octanol–water partition coefficient (Wildman–Crippen LogP) is 3.84. The average molecular weight is 535 g/mol. The first-order chi connectivity index (χ1) is 12.3. The predicted molar refractivity (Wildman–Crippen MR) is 118 cm³/mol. The third kappa shape index (κ3) is 11.1. The molecule has 162 valence electrons. The minimum atomic E-state index is -4.35. The lowest BCUT2D eigenvalue weighted by molar-refractivity contribution is -0.137. The lowest BCUT2D eigenvalue weighted by Gasteiger charge is -2.25. The Morgan fingerprint density at radius 3 is 2.14 bits per heavy atom. The van der Waals surface area contributed by atoms with Crippen molar-refractivity contribution in [3.63, 3.8) is 0 Å². The Hall–Kier alpha value is -1.04. The zero-order valence-electron chi connectivity index (χ0n) is 16.6. The molecule has 2 N–H and O–H groups in total. The van der Waals surface area contributed by atoms with Crippen LogP contribution in [0, 0.1) is 5.41 Å². The van der Waals surface area contributed by atoms with Crippen molar-refractivity contribution in [1.82, 2.24) is 10.6 Å². The summed E-state index contributed by atoms with van der Waals surface area (Å²) in [6, 6.07) is 4.90. The molecule has 0 aliphatic carbocycles. The molecule has 0 saturated heterocycles. The Labute approximate surface area is 182 Å². The summed E-state index contributed by atoms with van der Waals surface area (Å²) in [6.45, 7) is 7.21. The highest BCUT2D eigenvalue weighted by atomic mass is 127. The van der Waals surface area contributed by atoms with Gasteiger partial charge in [0.1, 0.15) is 9.84 Å². The van der Waals surface area contributed by atoms with Gasteiger partial charge in [-0.1, -0.05) is 26.0 Å². The topological polar surface area (TPSA) is 70.6 Å². The van der Waals surface area contributed by atoms with Crippen molar-refractivity contribution >= 4 is 39.8 Å². The Morgan fingerprint density at radius 2 is 1.68 bits per heavy atom. The zero-order chi connectivity index (χ0) is 20.7. The number of sulfone groups is 1. The summed E-state index contributed by atoms with van der Waals surface area (Å²) < 4.78 is 60.5. The zero-order valence-corrected chi connectivity index (χ0v) is 19.7. The monoisotopic (exact) mass is 535 g/mol. The van der Waals surface area contributed by atoms with Crippen LogP contribution in [-0.4, -0.2) is 39.5 Å². The highest BCUT2D eigenvalue weighted by Gasteiger charge is 2.29. The minimum absolute atomic E-state index is 0. The van der Waals surface area contributed by atoms with Crippen LogP contribution in [0.4, 0.5) is 13.2 Å². The number of guanidine groups is 1. The van der Waals surface area contributed by atoms with Crippen molar-refractivity contribution in [3.8, 4) is 0 Å². The molecule has 1 aromatic carbocycles. The molecule has 0 atom stereocenters. The number of hydrogen-bond acceptors (Lipinski definition) is 3. The molecular weight excluding hydrogens is 506 g/mol. The average Bonchev–Trinajstić information content (AvgIpc) is 2.55. The second-order valence-electron chi connectivity index (χ2n) is 7.29. The summed E-state index contributed by atoms with van der Waals surface area (Å²) in [5.74, 6) is 0.644. The van der Waals surface area contributed by atoms with Gasteiger partial charge in [0.05, 0.1) is 17.9 Å². The van der Waals surface area contributed by atoms with Crippen LogP contribution in [0.15, 0.2) is 29.3 Å². The van der Waals surface area contributed by atoms with Gasteiger partial charge in [0.25, 0.3) is 0 Å². The highest BCUT2D eigenvalue weighted by molar-refractivity contribution is 14.0. The van der Waals surface area contributed by atoms with Gasteiger partial charge < -0.3 is 10.6 Å². The molecular formula is C18H29F3IN3O2S. The molecule has 0 bridgehead atoms. The van der Waals surface area contributed by atoms with Crippen LogP contribution >= 0.6 is 24.0 Å². The Bertz CT molecular complexity index is 733. The number of nitrogens with zero attached hydrogens (tertiary/aromatic N) is 1. The van der Waals surface area contributed by atoms with Crippen molar-refractivity contribution < 1.29 is 21.6 Å². The number of nitrogens with one attached hydrogen (secondary N) is 2. The fourth-order valence-electron chi connectivity index (χ4n) is 2.18. The number of benzene rings is 1. The van der Waals surface area contributed by atoms with Crippen molar-refractivity contribution in [1.29, 1.82) is 0 Å². The third-order valence-corrected chi connectivity index (χ3v) is 4.87. The first-order valence-corrected chi connectivity index (χ1v) is 10.7. The van der Waals surface area contributed by atoms with Gasteiger partial charge in [0, 0.05) is 19.3 Å². The quantitative estimate of drug-likeness (QED) is 0.302. The fraction of sp³-hybridized carbons (Fsp3) is 0.611. The largest absolute Gasteiger partial charge is 0.416 e. The highest BCUT2D eigenvalue weighted by Crippen LogP contribution is 2.29. The number of alkyl halides is 3. The maximum absolute atomic E-state index is 12.6. The lowest BCUT2D eigenvalue weighted by atomic mass is 9.90. The molecule has 0 saturated carbocycles. The molecule has 0 aliphatic rings. The summed E-state index contributed by atoms with van der Waals surface area (Å²) in [4.78, 5) is 4.38. The summed E-state index contributed by atoms with van der Waals surface area (Å²) in [7, 11) is -3.02. The van der Waals surface area contributed by atoms with Gasteiger partial charge >= 0.3 is 6.18 Å². The van der Waals surface area contributed by atoms with E-state index >= 15 is 0 Å². The maximum Gasteiger partial charge on any atom is 0.416 e. The van der Waals surface area contributed by atoms with E-state index in [-0.39, 0.29) is 41.7 Å². The summed E-state index contributed by atoms with van der Waals surface area (Å²) >= 11 is 0. The van der Waals surface area contributed by atoms with Crippen molar-refractivity contribution in [3.05, 3.63) is 35.4 Å². The van der Waals surface area contributed by atoms with E-state index in [1.807, 2.05) is 20.8 Å². The molecule has 5 nitrogen and oxygen atoms in total. The molecule has 0 fully saturated rings. The Balaban J connectivity index is 0.00000729. The molecule has 0 heterocycles. The Kier molecular flexibility index (Phi) is 10.8. The van der Waals surface area contributed by atoms with Gasteiger partial charge in [0.2, 0.25) is 0 Å². The molecule has 0 spiro atoms. The van der Waals surface area contributed by atoms with Crippen molar-refractivity contribution in [2.24, 2.45) is 10.4 Å². The minimum Gasteiger partial charge on any atom is -0.357 e. The standard InChI is InChI=1S/C18H28F3N3O2S.HI/c1-5-22-16(24-13-17(2,3)10-11-27(4,25)26)23-12-14-6-8-15(9-7-14)18(19,20)21;/h6-9H,5,10-13H2,1-4H3,(H2,22,23,24);1H. The van der Waals surface area contributed by atoms with Crippen LogP contribution in [0.1, 0.15) is 38.3 Å². The summed E-state index contributed by atoms with van der Waals surface area (Å²) in [5, 5.41) is 6.24. The first kappa shape index (κ1) is 27.0. The molecule has 1 aromatic rings. The van der Waals surface area contributed by atoms with Gasteiger partial charge in [0.15, 0.2) is 5.96 Å². The van der Waals surface area contributed by atoms with Gasteiger partial charge in [-0.15, -0.1) is 24.0 Å². The van der Waals surface area contributed by atoms with Crippen LogP contribution in [0.5, 0.6) is 0 Å². The molecule has 10 heteroatoms. The molecule has 0 aliphatic heterocycles. The number of halogens is 4. The smallest absolute Gasteiger partial charge is 0.357 e. The number of aliphatic imine (C=N–C) groups is 1. The van der Waals surface area contributed by atoms with Crippen LogP contribution in [-0.2, 0) is 22.6 Å². The molecule has 0 amide bonds. The van der Waals surface area contributed by atoms with Crippen LogP contribution in [0.2, 0.25) is 0 Å². The van der Waals surface area contributed by atoms with Crippen LogP contribution < -0.4 is 10.6 Å². The van der Waals surface area contributed by atoms with Gasteiger partial charge in [-0.2, -0.15) is 13.2 Å². The molecule has 1 rings (SSSR count). The second kappa shape index (κ2) is 11.2. The van der Waals surface area contributed by atoms with E-state index in [1.54, 1.807) is 0 Å². The van der Waals surface area contributed by atoms with Crippen LogP contribution in [0.25, 0.3) is 0 Å². The van der Waals surface area contributed by atoms with E-state index in [2.05, 4.69) is 15.6 Å². The van der Waals surface area contributed by atoms with Gasteiger partial charge in [-0.05, 0) is 36.5 Å². The first-order valence-electron chi connectivity index (χ1n) is 8.68. The van der Waals surface area contributed by atoms with Crippen LogP contribution in [0.3, 0.4) is 0 Å². The van der Waals surface area contributed by atoms with E-state index in [0.29, 0.717) is 31.0 Å². The van der Waals surface area contributed by atoms with E-state index in [4.69, 9.17) is 0 Å². The summed E-state index contributed by atoms with van der Waals surface area (Å²) in [6.07, 6.45) is -2.63. The van der Waals surface area contributed by atoms with E-state index in [1.165, 1.54) is 18.4 Å². The third-order valence-electron chi connectivity index (χ3n) is 3.93. The number of hydrogen-bond donors (Lipinski definition) is 2. The molecule has 28 heavy (non-hydrogen) atoms.